The van der Waals surface area contributed by atoms with E-state index >= 15 is 0 Å². The second-order valence-electron chi connectivity index (χ2n) is 10.3. The molecule has 1 aliphatic rings. The summed E-state index contributed by atoms with van der Waals surface area (Å²) >= 11 is 5.36. The minimum atomic E-state index is -0.562. The molecule has 10 heteroatoms. The highest BCUT2D eigenvalue weighted by atomic mass is 79.9. The first-order chi connectivity index (χ1) is 20.9. The van der Waals surface area contributed by atoms with Gasteiger partial charge in [0.2, 0.25) is 11.1 Å². The molecule has 5 rings (SSSR count). The summed E-state index contributed by atoms with van der Waals surface area (Å²) in [5.74, 6) is 2.47. The lowest BCUT2D eigenvalue weighted by atomic mass is 9.94. The molecule has 0 saturated carbocycles. The lowest BCUT2D eigenvalue weighted by Gasteiger charge is -2.29. The predicted octanol–water partition coefficient (Wildman–Crippen LogP) is 8.15. The van der Waals surface area contributed by atoms with Crippen molar-refractivity contribution in [3.8, 4) is 11.5 Å². The van der Waals surface area contributed by atoms with Crippen molar-refractivity contribution < 1.29 is 14.3 Å². The molecule has 2 heterocycles. The van der Waals surface area contributed by atoms with Crippen LogP contribution < -0.4 is 20.1 Å². The van der Waals surface area contributed by atoms with Gasteiger partial charge in [0.25, 0.3) is 5.91 Å². The van der Waals surface area contributed by atoms with E-state index in [1.807, 2.05) is 87.5 Å². The number of unbranched alkanes of at least 4 members (excludes halogenated alkanes) is 1. The Morgan fingerprint density at radius 1 is 1.07 bits per heavy atom. The number of aryl methyl sites for hydroxylation is 1. The number of ether oxygens (including phenoxy) is 2. The number of carbonyl (C=O) groups is 1. The van der Waals surface area contributed by atoms with Crippen LogP contribution >= 0.6 is 27.7 Å². The number of nitrogens with zero attached hydrogens (tertiary/aromatic N) is 3. The molecular weight excluding hydrogens is 626 g/mol. The third kappa shape index (κ3) is 7.25. The van der Waals surface area contributed by atoms with Crippen LogP contribution in [0.5, 0.6) is 11.5 Å². The summed E-state index contributed by atoms with van der Waals surface area (Å²) in [6.07, 6.45) is 2.17. The van der Waals surface area contributed by atoms with E-state index in [1.54, 1.807) is 16.4 Å². The predicted molar refractivity (Wildman–Crippen MR) is 176 cm³/mol. The van der Waals surface area contributed by atoms with Gasteiger partial charge >= 0.3 is 0 Å². The molecule has 1 aliphatic heterocycles. The molecule has 3 aromatic carbocycles. The number of allylic oxidation sites excluding steroid dienone is 1. The number of rotatable bonds is 12. The van der Waals surface area contributed by atoms with Crippen LogP contribution in [0, 0.1) is 6.92 Å². The molecule has 0 bridgehead atoms. The van der Waals surface area contributed by atoms with Gasteiger partial charge in [-0.2, -0.15) is 4.98 Å². The van der Waals surface area contributed by atoms with E-state index < -0.39 is 6.04 Å². The number of fused-ring (bicyclic) bond motifs is 1. The van der Waals surface area contributed by atoms with Crippen molar-refractivity contribution in [2.45, 2.75) is 58.3 Å². The summed E-state index contributed by atoms with van der Waals surface area (Å²) in [4.78, 5) is 18.7. The topological polar surface area (TPSA) is 90.3 Å². The molecule has 8 nitrogen and oxygen atoms in total. The molecule has 1 unspecified atom stereocenters. The molecule has 1 amide bonds. The van der Waals surface area contributed by atoms with Gasteiger partial charge in [0.1, 0.15) is 12.6 Å². The SMILES string of the molecule is CCCCSc1nc2n(n1)C(c1cc(Br)c(OCc3ccccc3)c(OCC)c1)C(C(=O)Nc1cccc(C)c1)=C(C)N2. The zero-order valence-electron chi connectivity index (χ0n) is 24.8. The van der Waals surface area contributed by atoms with E-state index in [2.05, 4.69) is 33.5 Å². The average molecular weight is 663 g/mol. The summed E-state index contributed by atoms with van der Waals surface area (Å²) in [6, 6.07) is 21.1. The minimum absolute atomic E-state index is 0.222. The maximum absolute atomic E-state index is 14.0. The number of carbonyl (C=O) groups excluding carboxylic acids is 1. The molecule has 0 fully saturated rings. The van der Waals surface area contributed by atoms with Crippen molar-refractivity contribution >= 4 is 45.2 Å². The van der Waals surface area contributed by atoms with Crippen LogP contribution in [0.15, 0.2) is 87.6 Å². The molecule has 1 aromatic heterocycles. The van der Waals surface area contributed by atoms with E-state index in [0.29, 0.717) is 47.1 Å². The van der Waals surface area contributed by atoms with Gasteiger partial charge in [-0.05, 0) is 84.1 Å². The summed E-state index contributed by atoms with van der Waals surface area (Å²) in [5, 5.41) is 12.0. The summed E-state index contributed by atoms with van der Waals surface area (Å²) < 4.78 is 14.9. The van der Waals surface area contributed by atoms with Gasteiger partial charge in [0, 0.05) is 17.1 Å². The molecular formula is C33H36BrN5O3S. The third-order valence-corrected chi connectivity index (χ3v) is 8.47. The highest BCUT2D eigenvalue weighted by Gasteiger charge is 2.35. The second kappa shape index (κ2) is 14.1. The van der Waals surface area contributed by atoms with E-state index in [1.165, 1.54) is 0 Å². The normalized spacial score (nSPS) is 14.2. The number of benzene rings is 3. The average Bonchev–Trinajstić information content (AvgIpc) is 3.38. The Bertz CT molecular complexity index is 1620. The van der Waals surface area contributed by atoms with E-state index in [-0.39, 0.29) is 5.91 Å². The van der Waals surface area contributed by atoms with Crippen molar-refractivity contribution in [3.05, 3.63) is 99.2 Å². The molecule has 0 saturated heterocycles. The summed E-state index contributed by atoms with van der Waals surface area (Å²) in [6.45, 7) is 8.84. The lowest BCUT2D eigenvalue weighted by molar-refractivity contribution is -0.113. The van der Waals surface area contributed by atoms with Crippen LogP contribution in [0.3, 0.4) is 0 Å². The minimum Gasteiger partial charge on any atom is -0.490 e. The Kier molecular flexibility index (Phi) is 10.1. The van der Waals surface area contributed by atoms with Gasteiger partial charge in [-0.3, -0.25) is 4.79 Å². The zero-order valence-corrected chi connectivity index (χ0v) is 27.2. The van der Waals surface area contributed by atoms with E-state index in [4.69, 9.17) is 19.6 Å². The van der Waals surface area contributed by atoms with E-state index in [9.17, 15) is 4.79 Å². The Balaban J connectivity index is 1.56. The van der Waals surface area contributed by atoms with Gasteiger partial charge in [-0.15, -0.1) is 5.10 Å². The Hall–Kier alpha value is -3.76. The van der Waals surface area contributed by atoms with E-state index in [0.717, 1.165) is 45.4 Å². The van der Waals surface area contributed by atoms with Crippen LogP contribution in [-0.2, 0) is 11.4 Å². The number of halogens is 1. The molecule has 0 aliphatic carbocycles. The lowest BCUT2D eigenvalue weighted by Crippen LogP contribution is -2.31. The molecule has 1 atom stereocenters. The number of anilines is 2. The van der Waals surface area contributed by atoms with Crippen molar-refractivity contribution in [3.63, 3.8) is 0 Å². The van der Waals surface area contributed by atoms with Gasteiger partial charge < -0.3 is 20.1 Å². The Morgan fingerprint density at radius 2 is 1.88 bits per heavy atom. The standard InChI is InChI=1S/C33H36BrN5O3S/c1-5-7-16-43-33-37-32-35-22(4)28(31(40)36-25-15-11-12-21(3)17-25)29(39(32)38-33)24-18-26(34)30(27(19-24)41-6-2)42-20-23-13-9-8-10-14-23/h8-15,17-19,29H,5-7,16,20H2,1-4H3,(H,36,40)(H,35,37,38). The fourth-order valence-corrected chi connectivity index (χ4v) is 6.39. The van der Waals surface area contributed by atoms with Crippen molar-refractivity contribution in [2.75, 3.05) is 23.0 Å². The molecule has 224 valence electrons. The van der Waals surface area contributed by atoms with Crippen molar-refractivity contribution in [2.24, 2.45) is 0 Å². The van der Waals surface area contributed by atoms with Crippen LogP contribution in [-0.4, -0.2) is 33.0 Å². The first kappa shape index (κ1) is 30.7. The van der Waals surface area contributed by atoms with Crippen LogP contribution in [0.4, 0.5) is 11.6 Å². The summed E-state index contributed by atoms with van der Waals surface area (Å²) in [5.41, 5.74) is 4.90. The Morgan fingerprint density at radius 3 is 2.63 bits per heavy atom. The third-order valence-electron chi connectivity index (χ3n) is 6.96. The summed E-state index contributed by atoms with van der Waals surface area (Å²) in [7, 11) is 0. The number of aromatic nitrogens is 3. The second-order valence-corrected chi connectivity index (χ2v) is 12.2. The molecule has 0 radical (unpaired) electrons. The molecule has 43 heavy (non-hydrogen) atoms. The number of hydrogen-bond donors (Lipinski definition) is 2. The van der Waals surface area contributed by atoms with Gasteiger partial charge in [-0.1, -0.05) is 67.6 Å². The van der Waals surface area contributed by atoms with Crippen LogP contribution in [0.25, 0.3) is 0 Å². The van der Waals surface area contributed by atoms with Crippen LogP contribution in [0.1, 0.15) is 56.3 Å². The number of thioether (sulfide) groups is 1. The van der Waals surface area contributed by atoms with Gasteiger partial charge in [0.05, 0.1) is 16.7 Å². The number of hydrogen-bond acceptors (Lipinski definition) is 7. The monoisotopic (exact) mass is 661 g/mol. The quantitative estimate of drug-likeness (QED) is 0.117. The molecule has 0 spiro atoms. The van der Waals surface area contributed by atoms with Crippen molar-refractivity contribution in [1.29, 1.82) is 0 Å². The number of nitrogens with one attached hydrogen (secondary N) is 2. The maximum Gasteiger partial charge on any atom is 0.255 e. The first-order valence-electron chi connectivity index (χ1n) is 14.5. The van der Waals surface area contributed by atoms with Crippen molar-refractivity contribution in [1.82, 2.24) is 14.8 Å². The highest BCUT2D eigenvalue weighted by Crippen LogP contribution is 2.43. The Labute approximate surface area is 265 Å². The highest BCUT2D eigenvalue weighted by molar-refractivity contribution is 9.10. The fourth-order valence-electron chi connectivity index (χ4n) is 4.90. The van der Waals surface area contributed by atoms with Gasteiger partial charge in [0.15, 0.2) is 11.5 Å². The fraction of sp³-hybridized carbons (Fsp3) is 0.303. The first-order valence-corrected chi connectivity index (χ1v) is 16.2. The van der Waals surface area contributed by atoms with Crippen LogP contribution in [0.2, 0.25) is 0 Å². The van der Waals surface area contributed by atoms with Gasteiger partial charge in [-0.25, -0.2) is 4.68 Å². The smallest absolute Gasteiger partial charge is 0.255 e. The largest absolute Gasteiger partial charge is 0.490 e. The number of amides is 1. The molecule has 4 aromatic rings. The zero-order chi connectivity index (χ0) is 30.3. The molecule has 2 N–H and O–H groups in total. The maximum atomic E-state index is 14.0.